The summed E-state index contributed by atoms with van der Waals surface area (Å²) in [6.45, 7) is 3.43. The van der Waals surface area contributed by atoms with Gasteiger partial charge in [0.1, 0.15) is 0 Å². The zero-order valence-electron chi connectivity index (χ0n) is 17.6. The first-order chi connectivity index (χ1) is 15.4. The number of rotatable bonds is 5. The Morgan fingerprint density at radius 3 is 2.44 bits per heavy atom. The van der Waals surface area contributed by atoms with Crippen molar-refractivity contribution in [2.45, 2.75) is 13.3 Å². The van der Waals surface area contributed by atoms with Crippen molar-refractivity contribution in [3.8, 4) is 0 Å². The number of hydrogen-bond donors (Lipinski definition) is 2. The lowest BCUT2D eigenvalue weighted by Crippen LogP contribution is -2.30. The molecule has 0 unspecified atom stereocenters. The molecule has 32 heavy (non-hydrogen) atoms. The Morgan fingerprint density at radius 1 is 1.00 bits per heavy atom. The zero-order chi connectivity index (χ0) is 22.7. The van der Waals surface area contributed by atoms with Crippen LogP contribution in [-0.2, 0) is 0 Å². The van der Waals surface area contributed by atoms with Crippen LogP contribution in [0.1, 0.15) is 38.3 Å². The Labute approximate surface area is 191 Å². The molecule has 1 amide bonds. The molecule has 1 aliphatic heterocycles. The van der Waals surface area contributed by atoms with Crippen LogP contribution in [0, 0.1) is 6.92 Å². The number of nitrogens with zero attached hydrogens (tertiary/aromatic N) is 1. The lowest BCUT2D eigenvalue weighted by Gasteiger charge is -2.30. The molecular formula is C26H23ClN2O3. The Balaban J connectivity index is 1.55. The molecule has 0 aromatic heterocycles. The molecule has 162 valence electrons. The highest BCUT2D eigenvalue weighted by Gasteiger charge is 2.21. The minimum absolute atomic E-state index is 0.148. The van der Waals surface area contributed by atoms with E-state index in [-0.39, 0.29) is 11.5 Å². The van der Waals surface area contributed by atoms with Crippen LogP contribution in [-0.4, -0.2) is 30.1 Å². The maximum absolute atomic E-state index is 12.5. The molecular weight excluding hydrogens is 424 g/mol. The van der Waals surface area contributed by atoms with Crippen LogP contribution < -0.4 is 10.2 Å². The largest absolute Gasteiger partial charge is 0.478 e. The van der Waals surface area contributed by atoms with E-state index >= 15 is 0 Å². The van der Waals surface area contributed by atoms with Crippen LogP contribution >= 0.6 is 11.6 Å². The van der Waals surface area contributed by atoms with E-state index in [4.69, 9.17) is 11.6 Å². The average molecular weight is 447 g/mol. The lowest BCUT2D eigenvalue weighted by molar-refractivity contribution is 0.0697. The number of anilines is 2. The van der Waals surface area contributed by atoms with Gasteiger partial charge in [0.05, 0.1) is 21.8 Å². The first kappa shape index (κ1) is 21.7. The van der Waals surface area contributed by atoms with E-state index in [1.165, 1.54) is 22.8 Å². The summed E-state index contributed by atoms with van der Waals surface area (Å²) in [5.74, 6) is -1.43. The third-order valence-electron chi connectivity index (χ3n) is 5.64. The highest BCUT2D eigenvalue weighted by molar-refractivity contribution is 6.34. The van der Waals surface area contributed by atoms with E-state index in [0.717, 1.165) is 6.42 Å². The van der Waals surface area contributed by atoms with E-state index in [2.05, 4.69) is 30.4 Å². The second-order valence-corrected chi connectivity index (χ2v) is 8.12. The number of halogens is 1. The first-order valence-corrected chi connectivity index (χ1v) is 10.7. The highest BCUT2D eigenvalue weighted by atomic mass is 35.5. The lowest BCUT2D eigenvalue weighted by atomic mass is 9.95. The van der Waals surface area contributed by atoms with Crippen LogP contribution in [0.5, 0.6) is 0 Å². The topological polar surface area (TPSA) is 69.6 Å². The van der Waals surface area contributed by atoms with Gasteiger partial charge in [0, 0.05) is 18.8 Å². The van der Waals surface area contributed by atoms with Crippen molar-refractivity contribution in [2.24, 2.45) is 0 Å². The number of benzene rings is 3. The van der Waals surface area contributed by atoms with E-state index in [1.807, 2.05) is 17.0 Å². The van der Waals surface area contributed by atoms with E-state index in [9.17, 15) is 14.7 Å². The molecule has 0 saturated heterocycles. The molecule has 5 nitrogen and oxygen atoms in total. The van der Waals surface area contributed by atoms with Crippen molar-refractivity contribution < 1.29 is 14.7 Å². The summed E-state index contributed by atoms with van der Waals surface area (Å²) >= 11 is 6.09. The number of aromatic carboxylic acids is 1. The van der Waals surface area contributed by atoms with Crippen molar-refractivity contribution >= 4 is 40.4 Å². The van der Waals surface area contributed by atoms with E-state index in [1.54, 1.807) is 36.4 Å². The highest BCUT2D eigenvalue weighted by Crippen LogP contribution is 2.31. The molecule has 0 fully saturated rings. The number of nitrogens with one attached hydrogen (secondary N) is 1. The molecule has 2 N–H and O–H groups in total. The number of aryl methyl sites for hydroxylation is 1. The van der Waals surface area contributed by atoms with Crippen LogP contribution in [0.15, 0.2) is 72.8 Å². The molecule has 3 aromatic carbocycles. The van der Waals surface area contributed by atoms with Gasteiger partial charge in [-0.05, 0) is 60.4 Å². The monoisotopic (exact) mass is 446 g/mol. The smallest absolute Gasteiger partial charge is 0.337 e. The van der Waals surface area contributed by atoms with Crippen molar-refractivity contribution in [1.29, 1.82) is 0 Å². The van der Waals surface area contributed by atoms with E-state index in [0.29, 0.717) is 35.1 Å². The maximum Gasteiger partial charge on any atom is 0.337 e. The molecule has 0 radical (unpaired) electrons. The van der Waals surface area contributed by atoms with Gasteiger partial charge >= 0.3 is 5.97 Å². The number of amides is 1. The maximum atomic E-state index is 12.5. The standard InChI is InChI=1S/C26H23ClN2O3/c1-17-6-2-3-7-20(17)18-12-14-29(15-13-18)24-11-10-19(16-22(24)26(31)32)28-25(30)21-8-4-5-9-23(21)27/h2-12,16H,13-15H2,1H3,(H,28,30)(H,31,32). The van der Waals surface area contributed by atoms with Gasteiger partial charge in [-0.3, -0.25) is 4.79 Å². The molecule has 1 aliphatic rings. The van der Waals surface area contributed by atoms with Gasteiger partial charge in [-0.25, -0.2) is 4.79 Å². The fourth-order valence-corrected chi connectivity index (χ4v) is 4.19. The molecule has 0 atom stereocenters. The molecule has 4 rings (SSSR count). The SMILES string of the molecule is Cc1ccccc1C1=CCN(c2ccc(NC(=O)c3ccccc3Cl)cc2C(=O)O)CC1. The van der Waals surface area contributed by atoms with Gasteiger partial charge in [-0.1, -0.05) is 54.1 Å². The average Bonchev–Trinajstić information content (AvgIpc) is 2.80. The van der Waals surface area contributed by atoms with Crippen LogP contribution in [0.4, 0.5) is 11.4 Å². The van der Waals surface area contributed by atoms with Crippen molar-refractivity contribution in [1.82, 2.24) is 0 Å². The summed E-state index contributed by atoms with van der Waals surface area (Å²) in [6, 6.07) is 20.0. The molecule has 0 spiro atoms. The summed E-state index contributed by atoms with van der Waals surface area (Å²) in [5.41, 5.74) is 5.27. The van der Waals surface area contributed by atoms with Crippen molar-refractivity contribution in [2.75, 3.05) is 23.3 Å². The van der Waals surface area contributed by atoms with E-state index < -0.39 is 5.97 Å². The Kier molecular flexibility index (Phi) is 6.28. The van der Waals surface area contributed by atoms with Gasteiger partial charge in [0.15, 0.2) is 0 Å². The second kappa shape index (κ2) is 9.28. The molecule has 6 heteroatoms. The minimum atomic E-state index is -1.04. The number of hydrogen-bond acceptors (Lipinski definition) is 3. The van der Waals surface area contributed by atoms with Crippen molar-refractivity contribution in [3.63, 3.8) is 0 Å². The molecule has 0 aliphatic carbocycles. The zero-order valence-corrected chi connectivity index (χ0v) is 18.4. The Morgan fingerprint density at radius 2 is 1.75 bits per heavy atom. The minimum Gasteiger partial charge on any atom is -0.478 e. The van der Waals surface area contributed by atoms with Crippen LogP contribution in [0.2, 0.25) is 5.02 Å². The summed E-state index contributed by atoms with van der Waals surface area (Å²) < 4.78 is 0. The van der Waals surface area contributed by atoms with Gasteiger partial charge in [0.2, 0.25) is 0 Å². The van der Waals surface area contributed by atoms with Crippen LogP contribution in [0.25, 0.3) is 5.57 Å². The second-order valence-electron chi connectivity index (χ2n) is 7.71. The predicted octanol–water partition coefficient (Wildman–Crippen LogP) is 5.89. The number of carboxylic acid groups (broad SMARTS) is 1. The number of carboxylic acids is 1. The summed E-state index contributed by atoms with van der Waals surface area (Å²) in [6.07, 6.45) is 2.99. The van der Waals surface area contributed by atoms with Gasteiger partial charge in [0.25, 0.3) is 5.91 Å². The summed E-state index contributed by atoms with van der Waals surface area (Å²) in [7, 11) is 0. The molecule has 3 aromatic rings. The molecule has 0 saturated carbocycles. The molecule has 0 bridgehead atoms. The first-order valence-electron chi connectivity index (χ1n) is 10.4. The summed E-state index contributed by atoms with van der Waals surface area (Å²) in [5, 5.41) is 12.9. The van der Waals surface area contributed by atoms with Crippen LogP contribution in [0.3, 0.4) is 0 Å². The number of carbonyl (C=O) groups excluding carboxylic acids is 1. The molecule has 1 heterocycles. The van der Waals surface area contributed by atoms with Gasteiger partial charge < -0.3 is 15.3 Å². The third-order valence-corrected chi connectivity index (χ3v) is 5.97. The summed E-state index contributed by atoms with van der Waals surface area (Å²) in [4.78, 5) is 26.6. The quantitative estimate of drug-likeness (QED) is 0.512. The predicted molar refractivity (Wildman–Crippen MR) is 129 cm³/mol. The fourth-order valence-electron chi connectivity index (χ4n) is 3.97. The third kappa shape index (κ3) is 4.53. The van der Waals surface area contributed by atoms with Gasteiger partial charge in [-0.2, -0.15) is 0 Å². The fraction of sp³-hybridized carbons (Fsp3) is 0.154. The van der Waals surface area contributed by atoms with Crippen molar-refractivity contribution in [3.05, 3.63) is 100 Å². The normalized spacial score (nSPS) is 13.4. The van der Waals surface area contributed by atoms with Gasteiger partial charge in [-0.15, -0.1) is 0 Å². The Hall–Kier alpha value is -3.57. The Bertz CT molecular complexity index is 1220. The number of carbonyl (C=O) groups is 2.